The lowest BCUT2D eigenvalue weighted by atomic mass is 10.2. The van der Waals surface area contributed by atoms with Gasteiger partial charge in [-0.25, -0.2) is 4.68 Å². The molecule has 8 nitrogen and oxygen atoms in total. The molecule has 0 atom stereocenters. The van der Waals surface area contributed by atoms with Gasteiger partial charge in [0.25, 0.3) is 11.8 Å². The van der Waals surface area contributed by atoms with Crippen molar-refractivity contribution in [1.29, 1.82) is 0 Å². The number of para-hydroxylation sites is 1. The SMILES string of the molecule is O=C(NNC(=O)c1nn(-c2ccccc2)cc1O)c1ccncc1. The van der Waals surface area contributed by atoms with Crippen molar-refractivity contribution in [3.8, 4) is 11.4 Å². The van der Waals surface area contributed by atoms with Gasteiger partial charge < -0.3 is 5.11 Å². The van der Waals surface area contributed by atoms with Crippen LogP contribution in [0.25, 0.3) is 5.69 Å². The average Bonchev–Trinajstić information content (AvgIpc) is 3.03. The molecular weight excluding hydrogens is 310 g/mol. The highest BCUT2D eigenvalue weighted by atomic mass is 16.3. The number of hydrogen-bond donors (Lipinski definition) is 3. The molecule has 0 bridgehead atoms. The maximum atomic E-state index is 12.1. The van der Waals surface area contributed by atoms with E-state index in [-0.39, 0.29) is 11.4 Å². The van der Waals surface area contributed by atoms with Gasteiger partial charge >= 0.3 is 0 Å². The zero-order valence-electron chi connectivity index (χ0n) is 12.4. The number of carbonyl (C=O) groups is 2. The first-order chi connectivity index (χ1) is 11.6. The van der Waals surface area contributed by atoms with Gasteiger partial charge in [-0.1, -0.05) is 18.2 Å². The minimum atomic E-state index is -0.732. The number of rotatable bonds is 3. The molecule has 0 unspecified atom stereocenters. The van der Waals surface area contributed by atoms with Crippen molar-refractivity contribution >= 4 is 11.8 Å². The number of aromatic nitrogens is 3. The van der Waals surface area contributed by atoms with Crippen LogP contribution in [-0.4, -0.2) is 31.7 Å². The van der Waals surface area contributed by atoms with Gasteiger partial charge in [-0.2, -0.15) is 5.10 Å². The fourth-order valence-electron chi connectivity index (χ4n) is 1.99. The summed E-state index contributed by atoms with van der Waals surface area (Å²) in [5.41, 5.74) is 5.28. The van der Waals surface area contributed by atoms with E-state index in [9.17, 15) is 14.7 Å². The standard InChI is InChI=1S/C16H13N5O3/c22-13-10-21(12-4-2-1-3-5-12)20-14(13)16(24)19-18-15(23)11-6-8-17-9-7-11/h1-10,22H,(H,18,23)(H,19,24). The summed E-state index contributed by atoms with van der Waals surface area (Å²) in [5, 5.41) is 13.9. The summed E-state index contributed by atoms with van der Waals surface area (Å²) in [6.45, 7) is 0. The van der Waals surface area contributed by atoms with Crippen molar-refractivity contribution in [2.45, 2.75) is 0 Å². The minimum absolute atomic E-state index is 0.200. The van der Waals surface area contributed by atoms with Gasteiger partial charge in [0.05, 0.1) is 11.9 Å². The first-order valence-corrected chi connectivity index (χ1v) is 7.00. The second-order valence-corrected chi connectivity index (χ2v) is 4.79. The van der Waals surface area contributed by atoms with Crippen LogP contribution in [-0.2, 0) is 0 Å². The lowest BCUT2D eigenvalue weighted by molar-refractivity contribution is 0.0842. The molecule has 8 heteroatoms. The van der Waals surface area contributed by atoms with Crippen LogP contribution in [0.1, 0.15) is 20.8 Å². The van der Waals surface area contributed by atoms with E-state index < -0.39 is 11.8 Å². The van der Waals surface area contributed by atoms with Crippen molar-refractivity contribution in [2.24, 2.45) is 0 Å². The number of amides is 2. The molecule has 0 fully saturated rings. The first-order valence-electron chi connectivity index (χ1n) is 7.00. The first kappa shape index (κ1) is 15.2. The van der Waals surface area contributed by atoms with Crippen LogP contribution in [0, 0.1) is 0 Å². The summed E-state index contributed by atoms with van der Waals surface area (Å²) >= 11 is 0. The predicted octanol–water partition coefficient (Wildman–Crippen LogP) is 1.05. The molecule has 120 valence electrons. The van der Waals surface area contributed by atoms with Gasteiger partial charge in [-0.05, 0) is 24.3 Å². The molecule has 0 aliphatic heterocycles. The molecule has 0 aliphatic rings. The summed E-state index contributed by atoms with van der Waals surface area (Å²) in [7, 11) is 0. The van der Waals surface area contributed by atoms with E-state index in [1.54, 1.807) is 12.1 Å². The van der Waals surface area contributed by atoms with Crippen molar-refractivity contribution in [2.75, 3.05) is 0 Å². The summed E-state index contributed by atoms with van der Waals surface area (Å²) in [6, 6.07) is 12.0. The molecule has 3 aromatic rings. The number of aromatic hydroxyl groups is 1. The van der Waals surface area contributed by atoms with Gasteiger partial charge in [-0.3, -0.25) is 25.4 Å². The number of benzene rings is 1. The van der Waals surface area contributed by atoms with E-state index in [0.29, 0.717) is 11.3 Å². The van der Waals surface area contributed by atoms with Gasteiger partial charge in [0.2, 0.25) is 0 Å². The Hall–Kier alpha value is -3.68. The molecule has 2 amide bonds. The second-order valence-electron chi connectivity index (χ2n) is 4.79. The topological polar surface area (TPSA) is 109 Å². The highest BCUT2D eigenvalue weighted by Crippen LogP contribution is 2.17. The Kier molecular flexibility index (Phi) is 4.19. The molecule has 3 N–H and O–H groups in total. The quantitative estimate of drug-likeness (QED) is 0.624. The van der Waals surface area contributed by atoms with Crippen molar-refractivity contribution in [3.63, 3.8) is 0 Å². The molecule has 0 spiro atoms. The molecule has 0 saturated carbocycles. The monoisotopic (exact) mass is 323 g/mol. The summed E-state index contributed by atoms with van der Waals surface area (Å²) in [4.78, 5) is 27.7. The molecule has 24 heavy (non-hydrogen) atoms. The maximum absolute atomic E-state index is 12.1. The normalized spacial score (nSPS) is 10.2. The number of pyridine rings is 1. The fourth-order valence-corrected chi connectivity index (χ4v) is 1.99. The van der Waals surface area contributed by atoms with Crippen LogP contribution in [0.5, 0.6) is 5.75 Å². The average molecular weight is 323 g/mol. The molecular formula is C16H13N5O3. The Morgan fingerprint density at radius 3 is 2.33 bits per heavy atom. The molecule has 1 aromatic carbocycles. The molecule has 0 aliphatic carbocycles. The molecule has 2 heterocycles. The van der Waals surface area contributed by atoms with Gasteiger partial charge in [0.1, 0.15) is 0 Å². The second kappa shape index (κ2) is 6.61. The molecule has 0 saturated heterocycles. The van der Waals surface area contributed by atoms with E-state index >= 15 is 0 Å². The van der Waals surface area contributed by atoms with Crippen molar-refractivity contribution < 1.29 is 14.7 Å². The summed E-state index contributed by atoms with van der Waals surface area (Å²) in [6.07, 6.45) is 4.24. The van der Waals surface area contributed by atoms with Crippen LogP contribution in [0.3, 0.4) is 0 Å². The van der Waals surface area contributed by atoms with Gasteiger partial charge in [0, 0.05) is 18.0 Å². The van der Waals surface area contributed by atoms with Crippen LogP contribution in [0.4, 0.5) is 0 Å². The summed E-state index contributed by atoms with van der Waals surface area (Å²) in [5.74, 6) is -1.54. The largest absolute Gasteiger partial charge is 0.504 e. The van der Waals surface area contributed by atoms with Crippen molar-refractivity contribution in [3.05, 3.63) is 72.3 Å². The van der Waals surface area contributed by atoms with Crippen LogP contribution in [0.15, 0.2) is 61.1 Å². The van der Waals surface area contributed by atoms with E-state index in [1.807, 2.05) is 18.2 Å². The Morgan fingerprint density at radius 1 is 0.958 bits per heavy atom. The molecule has 0 radical (unpaired) electrons. The van der Waals surface area contributed by atoms with Crippen LogP contribution in [0.2, 0.25) is 0 Å². The fraction of sp³-hybridized carbons (Fsp3) is 0. The Bertz CT molecular complexity index is 862. The smallest absolute Gasteiger partial charge is 0.294 e. The lowest BCUT2D eigenvalue weighted by Gasteiger charge is -2.05. The number of hydrazine groups is 1. The third kappa shape index (κ3) is 3.22. The van der Waals surface area contributed by atoms with E-state index in [4.69, 9.17) is 0 Å². The Labute approximate surface area is 136 Å². The van der Waals surface area contributed by atoms with E-state index in [0.717, 1.165) is 0 Å². The zero-order chi connectivity index (χ0) is 16.9. The van der Waals surface area contributed by atoms with Crippen LogP contribution < -0.4 is 10.9 Å². The third-order valence-corrected chi connectivity index (χ3v) is 3.16. The number of nitrogens with zero attached hydrogens (tertiary/aromatic N) is 3. The Balaban J connectivity index is 1.70. The van der Waals surface area contributed by atoms with E-state index in [2.05, 4.69) is 20.9 Å². The van der Waals surface area contributed by atoms with E-state index in [1.165, 1.54) is 35.4 Å². The molecule has 2 aromatic heterocycles. The molecule has 3 rings (SSSR count). The van der Waals surface area contributed by atoms with Gasteiger partial charge in [-0.15, -0.1) is 0 Å². The number of carbonyl (C=O) groups excluding carboxylic acids is 2. The minimum Gasteiger partial charge on any atom is -0.504 e. The zero-order valence-corrected chi connectivity index (χ0v) is 12.4. The predicted molar refractivity (Wildman–Crippen MR) is 84.4 cm³/mol. The Morgan fingerprint density at radius 2 is 1.62 bits per heavy atom. The summed E-state index contributed by atoms with van der Waals surface area (Å²) < 4.78 is 1.37. The lowest BCUT2D eigenvalue weighted by Crippen LogP contribution is -2.41. The highest BCUT2D eigenvalue weighted by molar-refractivity contribution is 5.99. The number of hydrogen-bond acceptors (Lipinski definition) is 5. The van der Waals surface area contributed by atoms with Gasteiger partial charge in [0.15, 0.2) is 11.4 Å². The maximum Gasteiger partial charge on any atom is 0.294 e. The third-order valence-electron chi connectivity index (χ3n) is 3.16. The highest BCUT2D eigenvalue weighted by Gasteiger charge is 2.18. The van der Waals surface area contributed by atoms with Crippen molar-refractivity contribution in [1.82, 2.24) is 25.6 Å². The number of nitrogens with one attached hydrogen (secondary N) is 2. The van der Waals surface area contributed by atoms with Crippen LogP contribution >= 0.6 is 0 Å².